The van der Waals surface area contributed by atoms with Crippen molar-refractivity contribution in [3.05, 3.63) is 29.3 Å². The van der Waals surface area contributed by atoms with Crippen molar-refractivity contribution in [3.63, 3.8) is 0 Å². The molecule has 3 heteroatoms. The molecule has 1 aliphatic heterocycles. The predicted molar refractivity (Wildman–Crippen MR) is 78.3 cm³/mol. The van der Waals surface area contributed by atoms with E-state index < -0.39 is 13.5 Å². The molecule has 1 heterocycles. The van der Waals surface area contributed by atoms with Crippen molar-refractivity contribution in [3.8, 4) is 11.5 Å². The summed E-state index contributed by atoms with van der Waals surface area (Å²) in [5.41, 5.74) is 5.86. The van der Waals surface area contributed by atoms with Gasteiger partial charge in [0, 0.05) is 11.3 Å². The maximum absolute atomic E-state index is 11.8. The van der Waals surface area contributed by atoms with Gasteiger partial charge < -0.3 is 5.32 Å². The second-order valence-electron chi connectivity index (χ2n) is 6.34. The van der Waals surface area contributed by atoms with Crippen LogP contribution in [0.15, 0.2) is 18.2 Å². The standard InChI is InChI=1S/C15H19NOSi/c1-15(2)12-7-6-11(8-9-18(3,4)5)10-13(12)16-14(15)17/h6-7,10H,1-5H3,(H,16,17). The maximum Gasteiger partial charge on any atom is 0.234 e. The highest BCUT2D eigenvalue weighted by molar-refractivity contribution is 6.83. The summed E-state index contributed by atoms with van der Waals surface area (Å²) in [6.07, 6.45) is 0. The molecule has 94 valence electrons. The minimum absolute atomic E-state index is 0.0628. The summed E-state index contributed by atoms with van der Waals surface area (Å²) < 4.78 is 0. The minimum atomic E-state index is -1.36. The molecule has 0 aliphatic carbocycles. The van der Waals surface area contributed by atoms with E-state index in [0.29, 0.717) is 0 Å². The number of benzene rings is 1. The van der Waals surface area contributed by atoms with Crippen LogP contribution in [0.4, 0.5) is 5.69 Å². The van der Waals surface area contributed by atoms with Gasteiger partial charge in [0.1, 0.15) is 8.07 Å². The number of hydrogen-bond acceptors (Lipinski definition) is 1. The van der Waals surface area contributed by atoms with Crippen LogP contribution >= 0.6 is 0 Å². The van der Waals surface area contributed by atoms with Crippen LogP contribution in [0.3, 0.4) is 0 Å². The van der Waals surface area contributed by atoms with E-state index in [1.807, 2.05) is 32.0 Å². The molecule has 1 aromatic rings. The smallest absolute Gasteiger partial charge is 0.234 e. The van der Waals surface area contributed by atoms with Crippen molar-refractivity contribution in [2.75, 3.05) is 5.32 Å². The third kappa shape index (κ3) is 2.34. The van der Waals surface area contributed by atoms with Crippen LogP contribution in [0.5, 0.6) is 0 Å². The largest absolute Gasteiger partial charge is 0.325 e. The zero-order chi connectivity index (χ0) is 13.6. The average molecular weight is 257 g/mol. The van der Waals surface area contributed by atoms with Crippen molar-refractivity contribution in [1.82, 2.24) is 0 Å². The number of carbonyl (C=O) groups excluding carboxylic acids is 1. The molecular weight excluding hydrogens is 238 g/mol. The minimum Gasteiger partial charge on any atom is -0.325 e. The van der Waals surface area contributed by atoms with Gasteiger partial charge in [-0.05, 0) is 31.5 Å². The number of anilines is 1. The van der Waals surface area contributed by atoms with Gasteiger partial charge in [-0.15, -0.1) is 5.54 Å². The summed E-state index contributed by atoms with van der Waals surface area (Å²) in [5, 5.41) is 2.93. The summed E-state index contributed by atoms with van der Waals surface area (Å²) in [7, 11) is -1.36. The molecule has 1 amide bonds. The molecule has 0 fully saturated rings. The molecule has 0 saturated heterocycles. The highest BCUT2D eigenvalue weighted by atomic mass is 28.3. The van der Waals surface area contributed by atoms with Crippen LogP contribution in [0.25, 0.3) is 0 Å². The lowest BCUT2D eigenvalue weighted by atomic mass is 9.86. The lowest BCUT2D eigenvalue weighted by Gasteiger charge is -2.14. The number of rotatable bonds is 0. The third-order valence-electron chi connectivity index (χ3n) is 3.09. The van der Waals surface area contributed by atoms with Gasteiger partial charge in [-0.25, -0.2) is 0 Å². The van der Waals surface area contributed by atoms with Crippen molar-refractivity contribution < 1.29 is 4.79 Å². The Morgan fingerprint density at radius 3 is 2.50 bits per heavy atom. The topological polar surface area (TPSA) is 29.1 Å². The number of carbonyl (C=O) groups is 1. The Kier molecular flexibility index (Phi) is 2.87. The van der Waals surface area contributed by atoms with Crippen LogP contribution < -0.4 is 5.32 Å². The molecule has 2 rings (SSSR count). The zero-order valence-corrected chi connectivity index (χ0v) is 12.6. The van der Waals surface area contributed by atoms with E-state index in [1.54, 1.807) is 0 Å². The van der Waals surface area contributed by atoms with Gasteiger partial charge in [0.25, 0.3) is 0 Å². The summed E-state index contributed by atoms with van der Waals surface area (Å²) in [6, 6.07) is 6.00. The van der Waals surface area contributed by atoms with Crippen LogP contribution in [0, 0.1) is 11.5 Å². The fourth-order valence-corrected chi connectivity index (χ4v) is 2.45. The van der Waals surface area contributed by atoms with E-state index in [1.165, 1.54) is 0 Å². The van der Waals surface area contributed by atoms with Gasteiger partial charge in [0.2, 0.25) is 5.91 Å². The molecule has 0 spiro atoms. The van der Waals surface area contributed by atoms with E-state index in [0.717, 1.165) is 16.8 Å². The summed E-state index contributed by atoms with van der Waals surface area (Å²) >= 11 is 0. The first-order chi connectivity index (χ1) is 8.20. The molecule has 0 bridgehead atoms. The molecule has 2 nitrogen and oxygen atoms in total. The van der Waals surface area contributed by atoms with Crippen molar-refractivity contribution >= 4 is 19.7 Å². The second-order valence-corrected chi connectivity index (χ2v) is 11.1. The highest BCUT2D eigenvalue weighted by Gasteiger charge is 2.38. The monoisotopic (exact) mass is 257 g/mol. The first kappa shape index (κ1) is 12.9. The Balaban J connectivity index is 2.39. The first-order valence-corrected chi connectivity index (χ1v) is 9.69. The summed E-state index contributed by atoms with van der Waals surface area (Å²) in [5.74, 6) is 3.28. The second kappa shape index (κ2) is 3.99. The molecule has 0 unspecified atom stereocenters. The fourth-order valence-electron chi connectivity index (χ4n) is 1.93. The molecule has 0 aromatic heterocycles. The van der Waals surface area contributed by atoms with E-state index >= 15 is 0 Å². The van der Waals surface area contributed by atoms with Gasteiger partial charge in [0.05, 0.1) is 5.41 Å². The predicted octanol–water partition coefficient (Wildman–Crippen LogP) is 3.15. The van der Waals surface area contributed by atoms with Crippen LogP contribution in [-0.4, -0.2) is 14.0 Å². The Bertz CT molecular complexity index is 570. The van der Waals surface area contributed by atoms with Crippen molar-refractivity contribution in [2.24, 2.45) is 0 Å². The SMILES string of the molecule is CC1(C)C(=O)Nc2cc(C#C[Si](C)(C)C)ccc21. The van der Waals surface area contributed by atoms with Gasteiger partial charge in [-0.3, -0.25) is 4.79 Å². The van der Waals surface area contributed by atoms with Gasteiger partial charge in [0.15, 0.2) is 0 Å². The molecule has 0 atom stereocenters. The Morgan fingerprint density at radius 2 is 1.89 bits per heavy atom. The summed E-state index contributed by atoms with van der Waals surface area (Å²) in [6.45, 7) is 10.6. The van der Waals surface area contributed by atoms with Gasteiger partial charge >= 0.3 is 0 Å². The van der Waals surface area contributed by atoms with Crippen LogP contribution in [-0.2, 0) is 10.2 Å². The lowest BCUT2D eigenvalue weighted by molar-refractivity contribution is -0.119. The zero-order valence-electron chi connectivity index (χ0n) is 11.6. The quantitative estimate of drug-likeness (QED) is 0.561. The molecule has 1 N–H and O–H groups in total. The molecule has 0 saturated carbocycles. The van der Waals surface area contributed by atoms with Crippen LogP contribution in [0.1, 0.15) is 25.0 Å². The normalized spacial score (nSPS) is 16.6. The Labute approximate surface area is 110 Å². The van der Waals surface area contributed by atoms with Gasteiger partial charge in [-0.2, -0.15) is 0 Å². The van der Waals surface area contributed by atoms with E-state index in [2.05, 4.69) is 36.4 Å². The first-order valence-electron chi connectivity index (χ1n) is 6.19. The Morgan fingerprint density at radius 1 is 1.22 bits per heavy atom. The van der Waals surface area contributed by atoms with E-state index in [4.69, 9.17) is 0 Å². The van der Waals surface area contributed by atoms with Gasteiger partial charge in [-0.1, -0.05) is 31.6 Å². The molecule has 1 aliphatic rings. The molecule has 18 heavy (non-hydrogen) atoms. The Hall–Kier alpha value is -1.53. The van der Waals surface area contributed by atoms with Crippen molar-refractivity contribution in [2.45, 2.75) is 38.9 Å². The van der Waals surface area contributed by atoms with Crippen LogP contribution in [0.2, 0.25) is 19.6 Å². The average Bonchev–Trinajstić information content (AvgIpc) is 2.46. The lowest BCUT2D eigenvalue weighted by Crippen LogP contribution is -2.26. The van der Waals surface area contributed by atoms with Crippen molar-refractivity contribution in [1.29, 1.82) is 0 Å². The number of hydrogen-bond donors (Lipinski definition) is 1. The third-order valence-corrected chi connectivity index (χ3v) is 3.97. The molecular formula is C15H19NOSi. The van der Waals surface area contributed by atoms with E-state index in [9.17, 15) is 4.79 Å². The number of amides is 1. The number of nitrogens with one attached hydrogen (secondary N) is 1. The summed E-state index contributed by atoms with van der Waals surface area (Å²) in [4.78, 5) is 11.8. The maximum atomic E-state index is 11.8. The molecule has 1 aromatic carbocycles. The van der Waals surface area contributed by atoms with E-state index in [-0.39, 0.29) is 5.91 Å². The molecule has 0 radical (unpaired) electrons. The highest BCUT2D eigenvalue weighted by Crippen LogP contribution is 2.37. The number of fused-ring (bicyclic) bond motifs is 1. The fraction of sp³-hybridized carbons (Fsp3) is 0.400.